The summed E-state index contributed by atoms with van der Waals surface area (Å²) in [6.07, 6.45) is 3.04. The summed E-state index contributed by atoms with van der Waals surface area (Å²) in [5, 5.41) is 3.02. The maximum atomic E-state index is 11.9. The summed E-state index contributed by atoms with van der Waals surface area (Å²) in [6, 6.07) is 7.94. The van der Waals surface area contributed by atoms with E-state index in [0.717, 1.165) is 12.0 Å². The molecule has 0 spiro atoms. The molecule has 1 N–H and O–H groups in total. The van der Waals surface area contributed by atoms with Gasteiger partial charge < -0.3 is 5.32 Å². The quantitative estimate of drug-likeness (QED) is 0.811. The number of rotatable bonds is 5. The van der Waals surface area contributed by atoms with E-state index >= 15 is 0 Å². The third-order valence-corrected chi connectivity index (χ3v) is 3.30. The van der Waals surface area contributed by atoms with E-state index in [9.17, 15) is 4.79 Å². The van der Waals surface area contributed by atoms with Crippen LogP contribution >= 0.6 is 11.8 Å². The van der Waals surface area contributed by atoms with Crippen LogP contribution in [0, 0.1) is 5.92 Å². The smallest absolute Gasteiger partial charge is 0.251 e. The zero-order chi connectivity index (χ0) is 12.8. The lowest BCUT2D eigenvalue weighted by atomic mass is 10.0. The number of nitrogens with one attached hydrogen (secondary N) is 1. The average Bonchev–Trinajstić information content (AvgIpc) is 2.28. The zero-order valence-corrected chi connectivity index (χ0v) is 11.8. The molecule has 0 fully saturated rings. The Bertz CT molecular complexity index is 359. The van der Waals surface area contributed by atoms with Gasteiger partial charge in [0.05, 0.1) is 0 Å². The molecule has 0 saturated heterocycles. The lowest BCUT2D eigenvalue weighted by molar-refractivity contribution is 0.0936. The summed E-state index contributed by atoms with van der Waals surface area (Å²) in [5.41, 5.74) is 0.735. The van der Waals surface area contributed by atoms with Gasteiger partial charge in [0, 0.05) is 16.5 Å². The SMILES string of the molecule is CSc1ccc(C(=O)NC(C)CC(C)C)cc1. The predicted molar refractivity (Wildman–Crippen MR) is 74.6 cm³/mol. The largest absolute Gasteiger partial charge is 0.350 e. The van der Waals surface area contributed by atoms with Crippen LogP contribution in [0.25, 0.3) is 0 Å². The summed E-state index contributed by atoms with van der Waals surface area (Å²) in [7, 11) is 0. The minimum absolute atomic E-state index is 0.0193. The van der Waals surface area contributed by atoms with Gasteiger partial charge in [0.25, 0.3) is 5.91 Å². The van der Waals surface area contributed by atoms with Gasteiger partial charge in [0.2, 0.25) is 0 Å². The second kappa shape index (κ2) is 6.70. The first-order chi connectivity index (χ1) is 8.02. The number of carbonyl (C=O) groups excluding carboxylic acids is 1. The molecule has 1 aromatic rings. The van der Waals surface area contributed by atoms with Gasteiger partial charge in [-0.3, -0.25) is 4.79 Å². The van der Waals surface area contributed by atoms with Crippen LogP contribution in [-0.2, 0) is 0 Å². The van der Waals surface area contributed by atoms with Crippen molar-refractivity contribution >= 4 is 17.7 Å². The molecule has 0 radical (unpaired) electrons. The van der Waals surface area contributed by atoms with Gasteiger partial charge >= 0.3 is 0 Å². The highest BCUT2D eigenvalue weighted by Gasteiger charge is 2.10. The molecule has 0 aliphatic rings. The fourth-order valence-corrected chi connectivity index (χ4v) is 2.22. The number of hydrogen-bond donors (Lipinski definition) is 1. The summed E-state index contributed by atoms with van der Waals surface area (Å²) in [6.45, 7) is 6.38. The molecule has 1 unspecified atom stereocenters. The molecule has 0 aliphatic heterocycles. The van der Waals surface area contributed by atoms with Crippen molar-refractivity contribution in [3.05, 3.63) is 29.8 Å². The number of carbonyl (C=O) groups is 1. The van der Waals surface area contributed by atoms with E-state index in [1.807, 2.05) is 37.4 Å². The zero-order valence-electron chi connectivity index (χ0n) is 11.0. The number of hydrogen-bond acceptors (Lipinski definition) is 2. The number of thioether (sulfide) groups is 1. The highest BCUT2D eigenvalue weighted by molar-refractivity contribution is 7.98. The molecule has 0 bridgehead atoms. The van der Waals surface area contributed by atoms with Crippen molar-refractivity contribution in [3.8, 4) is 0 Å². The summed E-state index contributed by atoms with van der Waals surface area (Å²) < 4.78 is 0. The third kappa shape index (κ3) is 4.82. The molecule has 3 heteroatoms. The topological polar surface area (TPSA) is 29.1 Å². The van der Waals surface area contributed by atoms with E-state index in [4.69, 9.17) is 0 Å². The van der Waals surface area contributed by atoms with E-state index < -0.39 is 0 Å². The minimum atomic E-state index is 0.0193. The van der Waals surface area contributed by atoms with Crippen LogP contribution in [0.15, 0.2) is 29.2 Å². The lowest BCUT2D eigenvalue weighted by Gasteiger charge is -2.15. The number of benzene rings is 1. The van der Waals surface area contributed by atoms with Gasteiger partial charge in [-0.2, -0.15) is 0 Å². The normalized spacial score (nSPS) is 12.5. The first kappa shape index (κ1) is 14.1. The van der Waals surface area contributed by atoms with Crippen molar-refractivity contribution in [2.45, 2.75) is 38.1 Å². The standard InChI is InChI=1S/C14H21NOS/c1-10(2)9-11(3)15-14(16)12-5-7-13(17-4)8-6-12/h5-8,10-11H,9H2,1-4H3,(H,15,16). The van der Waals surface area contributed by atoms with Gasteiger partial charge in [0.1, 0.15) is 0 Å². The van der Waals surface area contributed by atoms with Gasteiger partial charge in [-0.1, -0.05) is 13.8 Å². The Morgan fingerprint density at radius 1 is 1.24 bits per heavy atom. The molecule has 1 atom stereocenters. The van der Waals surface area contributed by atoms with Gasteiger partial charge in [0.15, 0.2) is 0 Å². The molecule has 94 valence electrons. The van der Waals surface area contributed by atoms with Crippen molar-refractivity contribution in [2.75, 3.05) is 6.26 Å². The second-order valence-electron chi connectivity index (χ2n) is 4.73. The van der Waals surface area contributed by atoms with Crippen LogP contribution in [0.4, 0.5) is 0 Å². The average molecular weight is 251 g/mol. The minimum Gasteiger partial charge on any atom is -0.350 e. The summed E-state index contributed by atoms with van der Waals surface area (Å²) >= 11 is 1.68. The molecule has 0 saturated carbocycles. The van der Waals surface area contributed by atoms with Gasteiger partial charge in [-0.05, 0) is 49.8 Å². The Balaban J connectivity index is 2.57. The van der Waals surface area contributed by atoms with Crippen LogP contribution < -0.4 is 5.32 Å². The predicted octanol–water partition coefficient (Wildman–Crippen LogP) is 3.57. The van der Waals surface area contributed by atoms with E-state index in [2.05, 4.69) is 19.2 Å². The summed E-state index contributed by atoms with van der Waals surface area (Å²) in [4.78, 5) is 13.1. The van der Waals surface area contributed by atoms with E-state index in [-0.39, 0.29) is 11.9 Å². The Morgan fingerprint density at radius 2 is 1.82 bits per heavy atom. The monoisotopic (exact) mass is 251 g/mol. The maximum absolute atomic E-state index is 11.9. The Morgan fingerprint density at radius 3 is 2.29 bits per heavy atom. The van der Waals surface area contributed by atoms with Crippen LogP contribution in [0.2, 0.25) is 0 Å². The molecule has 1 rings (SSSR count). The van der Waals surface area contributed by atoms with Crippen LogP contribution in [0.1, 0.15) is 37.6 Å². The Kier molecular flexibility index (Phi) is 5.56. The van der Waals surface area contributed by atoms with Crippen molar-refractivity contribution in [3.63, 3.8) is 0 Å². The molecule has 1 amide bonds. The fraction of sp³-hybridized carbons (Fsp3) is 0.500. The Hall–Kier alpha value is -0.960. The van der Waals surface area contributed by atoms with Gasteiger partial charge in [-0.15, -0.1) is 11.8 Å². The highest BCUT2D eigenvalue weighted by Crippen LogP contribution is 2.15. The molecule has 0 aliphatic carbocycles. The molecular weight excluding hydrogens is 230 g/mol. The van der Waals surface area contributed by atoms with Crippen LogP contribution in [0.5, 0.6) is 0 Å². The van der Waals surface area contributed by atoms with Crippen LogP contribution in [-0.4, -0.2) is 18.2 Å². The molecular formula is C14H21NOS. The molecule has 0 heterocycles. The maximum Gasteiger partial charge on any atom is 0.251 e. The Labute approximate surface area is 108 Å². The van der Waals surface area contributed by atoms with E-state index in [1.165, 1.54) is 4.90 Å². The second-order valence-corrected chi connectivity index (χ2v) is 5.61. The molecule has 17 heavy (non-hydrogen) atoms. The lowest BCUT2D eigenvalue weighted by Crippen LogP contribution is -2.33. The van der Waals surface area contributed by atoms with Crippen molar-refractivity contribution < 1.29 is 4.79 Å². The summed E-state index contributed by atoms with van der Waals surface area (Å²) in [5.74, 6) is 0.620. The highest BCUT2D eigenvalue weighted by atomic mass is 32.2. The fourth-order valence-electron chi connectivity index (χ4n) is 1.82. The van der Waals surface area contributed by atoms with Gasteiger partial charge in [-0.25, -0.2) is 0 Å². The van der Waals surface area contributed by atoms with Crippen LogP contribution in [0.3, 0.4) is 0 Å². The number of amides is 1. The molecule has 1 aromatic carbocycles. The van der Waals surface area contributed by atoms with Crippen molar-refractivity contribution in [2.24, 2.45) is 5.92 Å². The third-order valence-electron chi connectivity index (χ3n) is 2.55. The molecule has 0 aromatic heterocycles. The first-order valence-electron chi connectivity index (χ1n) is 5.98. The van der Waals surface area contributed by atoms with E-state index in [0.29, 0.717) is 5.92 Å². The van der Waals surface area contributed by atoms with E-state index in [1.54, 1.807) is 11.8 Å². The van der Waals surface area contributed by atoms with Crippen molar-refractivity contribution in [1.82, 2.24) is 5.32 Å². The first-order valence-corrected chi connectivity index (χ1v) is 7.20. The van der Waals surface area contributed by atoms with Crippen molar-refractivity contribution in [1.29, 1.82) is 0 Å². The molecule has 2 nitrogen and oxygen atoms in total.